The molecule has 0 saturated carbocycles. The van der Waals surface area contributed by atoms with E-state index in [-0.39, 0.29) is 11.6 Å². The van der Waals surface area contributed by atoms with Gasteiger partial charge in [0.25, 0.3) is 10.0 Å². The maximum Gasteiger partial charge on any atom is 0.260 e. The highest BCUT2D eigenvalue weighted by atomic mass is 32.2. The first-order valence-corrected chi connectivity index (χ1v) is 7.74. The van der Waals surface area contributed by atoms with E-state index in [4.69, 9.17) is 4.74 Å². The molecule has 0 aromatic carbocycles. The van der Waals surface area contributed by atoms with Crippen molar-refractivity contribution in [1.29, 1.82) is 0 Å². The molecule has 0 aliphatic heterocycles. The zero-order valence-electron chi connectivity index (χ0n) is 11.6. The summed E-state index contributed by atoms with van der Waals surface area (Å²) in [6.07, 6.45) is 0.991. The number of hydrogen-bond donors (Lipinski definition) is 3. The maximum absolute atomic E-state index is 12.1. The number of nitrogens with zero attached hydrogens (tertiary/aromatic N) is 1. The highest BCUT2D eigenvalue weighted by Gasteiger charge is 2.22. The Kier molecular flexibility index (Phi) is 6.43. The molecule has 0 aliphatic rings. The lowest BCUT2D eigenvalue weighted by molar-refractivity contribution is 0.204. The molecule has 7 nitrogen and oxygen atoms in total. The number of methoxy groups -OCH3 is 1. The second-order valence-corrected chi connectivity index (χ2v) is 5.88. The lowest BCUT2D eigenvalue weighted by Crippen LogP contribution is -2.29. The van der Waals surface area contributed by atoms with Gasteiger partial charge in [-0.25, -0.2) is 13.1 Å². The molecule has 0 atom stereocenters. The summed E-state index contributed by atoms with van der Waals surface area (Å²) in [5, 5.41) is 9.85. The second-order valence-electron chi connectivity index (χ2n) is 4.20. The van der Waals surface area contributed by atoms with Crippen molar-refractivity contribution in [3.8, 4) is 0 Å². The van der Waals surface area contributed by atoms with Crippen LogP contribution in [0.1, 0.15) is 24.6 Å². The molecule has 0 fully saturated rings. The normalized spacial score (nSPS) is 11.9. The van der Waals surface area contributed by atoms with Crippen molar-refractivity contribution in [2.24, 2.45) is 0 Å². The molecule has 0 spiro atoms. The minimum Gasteiger partial charge on any atom is -0.383 e. The summed E-state index contributed by atoms with van der Waals surface area (Å²) in [7, 11) is -2.07. The van der Waals surface area contributed by atoms with E-state index in [0.717, 1.165) is 18.7 Å². The number of sulfonamides is 1. The van der Waals surface area contributed by atoms with Crippen molar-refractivity contribution in [2.45, 2.75) is 31.8 Å². The minimum atomic E-state index is -3.59. The topological polar surface area (TPSA) is 96.1 Å². The molecular weight excluding hydrogens is 268 g/mol. The summed E-state index contributed by atoms with van der Waals surface area (Å²) < 4.78 is 31.5. The minimum absolute atomic E-state index is 0.0599. The summed E-state index contributed by atoms with van der Waals surface area (Å²) in [5.74, 6) is 0. The van der Waals surface area contributed by atoms with Crippen molar-refractivity contribution in [3.63, 3.8) is 0 Å². The van der Waals surface area contributed by atoms with E-state index < -0.39 is 10.0 Å². The predicted molar refractivity (Wildman–Crippen MR) is 72.4 cm³/mol. The number of aryl methyl sites for hydroxylation is 1. The van der Waals surface area contributed by atoms with Gasteiger partial charge in [0.05, 0.1) is 6.61 Å². The van der Waals surface area contributed by atoms with E-state index in [2.05, 4.69) is 27.2 Å². The Bertz CT molecular complexity index is 484. The Balaban J connectivity index is 2.81. The molecule has 0 bridgehead atoms. The molecule has 1 heterocycles. The van der Waals surface area contributed by atoms with E-state index in [9.17, 15) is 8.42 Å². The molecular formula is C11H22N4O3S. The van der Waals surface area contributed by atoms with Crippen LogP contribution in [0.4, 0.5) is 0 Å². The summed E-state index contributed by atoms with van der Waals surface area (Å²) in [6.45, 7) is 5.74. The molecule has 0 aliphatic carbocycles. The van der Waals surface area contributed by atoms with Gasteiger partial charge in [-0.05, 0) is 19.9 Å². The van der Waals surface area contributed by atoms with Crippen LogP contribution in [0.25, 0.3) is 0 Å². The number of H-pyrrole nitrogens is 1. The predicted octanol–water partition coefficient (Wildman–Crippen LogP) is 0.142. The smallest absolute Gasteiger partial charge is 0.260 e. The Labute approximate surface area is 114 Å². The van der Waals surface area contributed by atoms with Crippen molar-refractivity contribution >= 4 is 10.0 Å². The first kappa shape index (κ1) is 16.1. The molecule has 19 heavy (non-hydrogen) atoms. The summed E-state index contributed by atoms with van der Waals surface area (Å²) in [6, 6.07) is 0. The van der Waals surface area contributed by atoms with Crippen LogP contribution in [0.2, 0.25) is 0 Å². The Morgan fingerprint density at radius 1 is 1.37 bits per heavy atom. The van der Waals surface area contributed by atoms with Crippen LogP contribution >= 0.6 is 0 Å². The van der Waals surface area contributed by atoms with Crippen molar-refractivity contribution in [1.82, 2.24) is 20.2 Å². The van der Waals surface area contributed by atoms with Gasteiger partial charge in [-0.1, -0.05) is 6.92 Å². The molecule has 0 saturated heterocycles. The van der Waals surface area contributed by atoms with Gasteiger partial charge in [0, 0.05) is 31.5 Å². The zero-order chi connectivity index (χ0) is 14.3. The largest absolute Gasteiger partial charge is 0.383 e. The third kappa shape index (κ3) is 4.57. The Morgan fingerprint density at radius 2 is 2.11 bits per heavy atom. The van der Waals surface area contributed by atoms with E-state index in [1.165, 1.54) is 7.11 Å². The monoisotopic (exact) mass is 290 g/mol. The summed E-state index contributed by atoms with van der Waals surface area (Å²) in [4.78, 5) is 0. The number of ether oxygens (including phenoxy) is 1. The number of rotatable bonds is 9. The summed E-state index contributed by atoms with van der Waals surface area (Å²) >= 11 is 0. The van der Waals surface area contributed by atoms with Crippen molar-refractivity contribution in [2.75, 3.05) is 26.8 Å². The highest BCUT2D eigenvalue weighted by Crippen LogP contribution is 2.15. The van der Waals surface area contributed by atoms with Gasteiger partial charge in [-0.3, -0.25) is 5.10 Å². The molecule has 110 valence electrons. The fraction of sp³-hybridized carbons (Fsp3) is 0.727. The first-order valence-electron chi connectivity index (χ1n) is 6.26. The average Bonchev–Trinajstić information content (AvgIpc) is 2.72. The molecule has 8 heteroatoms. The highest BCUT2D eigenvalue weighted by molar-refractivity contribution is 7.89. The zero-order valence-corrected chi connectivity index (χ0v) is 12.4. The quantitative estimate of drug-likeness (QED) is 0.562. The molecule has 1 rings (SSSR count). The van der Waals surface area contributed by atoms with Crippen LogP contribution in [-0.2, 0) is 21.3 Å². The van der Waals surface area contributed by atoms with Crippen LogP contribution in [0.3, 0.4) is 0 Å². The van der Waals surface area contributed by atoms with Gasteiger partial charge in [0.2, 0.25) is 0 Å². The van der Waals surface area contributed by atoms with Crippen LogP contribution in [0.15, 0.2) is 5.03 Å². The maximum atomic E-state index is 12.1. The number of aromatic amines is 1. The Morgan fingerprint density at radius 3 is 2.74 bits per heavy atom. The van der Waals surface area contributed by atoms with Crippen molar-refractivity contribution in [3.05, 3.63) is 11.3 Å². The fourth-order valence-corrected chi connectivity index (χ4v) is 2.80. The first-order chi connectivity index (χ1) is 9.03. The molecule has 0 amide bonds. The van der Waals surface area contributed by atoms with Gasteiger partial charge < -0.3 is 10.1 Å². The van der Waals surface area contributed by atoms with Gasteiger partial charge in [0.15, 0.2) is 5.03 Å². The van der Waals surface area contributed by atoms with Gasteiger partial charge in [0.1, 0.15) is 0 Å². The lowest BCUT2D eigenvalue weighted by atomic mass is 10.2. The van der Waals surface area contributed by atoms with Gasteiger partial charge in [-0.15, -0.1) is 0 Å². The van der Waals surface area contributed by atoms with E-state index in [1.54, 1.807) is 0 Å². The van der Waals surface area contributed by atoms with Crippen LogP contribution < -0.4 is 10.0 Å². The third-order valence-electron chi connectivity index (χ3n) is 2.62. The van der Waals surface area contributed by atoms with Gasteiger partial charge in [-0.2, -0.15) is 5.10 Å². The standard InChI is InChI=1S/C11H22N4O3S/c1-4-5-12-8-10-9(2)14-15-11(10)19(16,17)13-6-7-18-3/h12-13H,4-8H2,1-3H3,(H,14,15). The summed E-state index contributed by atoms with van der Waals surface area (Å²) in [5.41, 5.74) is 1.44. The third-order valence-corrected chi connectivity index (χ3v) is 4.05. The van der Waals surface area contributed by atoms with Gasteiger partial charge >= 0.3 is 0 Å². The molecule has 1 aromatic heterocycles. The number of aromatic nitrogens is 2. The van der Waals surface area contributed by atoms with Crippen LogP contribution in [0, 0.1) is 6.92 Å². The molecule has 0 unspecified atom stereocenters. The SMILES string of the molecule is CCCNCc1c(S(=O)(=O)NCCOC)n[nH]c1C. The lowest BCUT2D eigenvalue weighted by Gasteiger charge is -2.07. The fourth-order valence-electron chi connectivity index (χ4n) is 1.60. The van der Waals surface area contributed by atoms with Crippen LogP contribution in [0.5, 0.6) is 0 Å². The second kappa shape index (κ2) is 7.59. The average molecular weight is 290 g/mol. The number of hydrogen-bond acceptors (Lipinski definition) is 5. The van der Waals surface area contributed by atoms with E-state index >= 15 is 0 Å². The van der Waals surface area contributed by atoms with Crippen molar-refractivity contribution < 1.29 is 13.2 Å². The molecule has 0 radical (unpaired) electrons. The van der Waals surface area contributed by atoms with Crippen LogP contribution in [-0.4, -0.2) is 45.4 Å². The number of nitrogens with one attached hydrogen (secondary N) is 3. The van der Waals surface area contributed by atoms with E-state index in [1.807, 2.05) is 6.92 Å². The Hall–Kier alpha value is -0.960. The molecule has 1 aromatic rings. The van der Waals surface area contributed by atoms with E-state index in [0.29, 0.717) is 18.7 Å². The molecule has 3 N–H and O–H groups in total.